The zero-order chi connectivity index (χ0) is 11.1. The topological polar surface area (TPSA) is 17.8 Å². The summed E-state index contributed by atoms with van der Waals surface area (Å²) in [6, 6.07) is 6.11. The number of hydrogen-bond acceptors (Lipinski definition) is 1. The Labute approximate surface area is 104 Å². The van der Waals surface area contributed by atoms with Crippen LogP contribution in [0.25, 0.3) is 11.1 Å². The second-order valence-electron chi connectivity index (χ2n) is 4.04. The van der Waals surface area contributed by atoms with Gasteiger partial charge >= 0.3 is 0 Å². The van der Waals surface area contributed by atoms with Crippen molar-refractivity contribution in [3.8, 4) is 11.1 Å². The molecule has 0 atom stereocenters. The summed E-state index contributed by atoms with van der Waals surface area (Å²) in [5, 5.41) is 5.67. The Balaban J connectivity index is 2.06. The summed E-state index contributed by atoms with van der Waals surface area (Å²) in [7, 11) is 0. The van der Waals surface area contributed by atoms with E-state index in [1.54, 1.807) is 0 Å². The van der Waals surface area contributed by atoms with Gasteiger partial charge in [0.15, 0.2) is 0 Å². The molecule has 16 heavy (non-hydrogen) atoms. The van der Waals surface area contributed by atoms with Gasteiger partial charge in [0.25, 0.3) is 0 Å². The molecule has 4 heteroatoms. The van der Waals surface area contributed by atoms with Gasteiger partial charge in [-0.3, -0.25) is 4.68 Å². The van der Waals surface area contributed by atoms with Crippen LogP contribution < -0.4 is 0 Å². The molecule has 1 aliphatic carbocycles. The lowest BCUT2D eigenvalue weighted by Crippen LogP contribution is -1.91. The summed E-state index contributed by atoms with van der Waals surface area (Å²) >= 11 is 12.3. The summed E-state index contributed by atoms with van der Waals surface area (Å²) in [4.78, 5) is 0. The average molecular weight is 253 g/mol. The summed E-state index contributed by atoms with van der Waals surface area (Å²) in [5.74, 6) is 0. The molecule has 0 radical (unpaired) electrons. The van der Waals surface area contributed by atoms with E-state index in [0.717, 1.165) is 11.1 Å². The Morgan fingerprint density at radius 1 is 1.19 bits per heavy atom. The van der Waals surface area contributed by atoms with Crippen molar-refractivity contribution in [1.82, 2.24) is 9.78 Å². The molecule has 2 aromatic rings. The van der Waals surface area contributed by atoms with Crippen molar-refractivity contribution in [2.45, 2.75) is 18.9 Å². The molecule has 0 amide bonds. The molecule has 0 unspecified atom stereocenters. The normalized spacial score (nSPS) is 15.4. The molecule has 0 spiro atoms. The van der Waals surface area contributed by atoms with Crippen LogP contribution >= 0.6 is 23.2 Å². The zero-order valence-electron chi connectivity index (χ0n) is 8.53. The minimum atomic E-state index is 0.579. The summed E-state index contributed by atoms with van der Waals surface area (Å²) < 4.78 is 2.00. The van der Waals surface area contributed by atoms with Gasteiger partial charge in [-0.15, -0.1) is 0 Å². The summed E-state index contributed by atoms with van der Waals surface area (Å²) in [5.41, 5.74) is 1.86. The highest BCUT2D eigenvalue weighted by Gasteiger charge is 2.24. The number of aromatic nitrogens is 2. The fraction of sp³-hybridized carbons (Fsp3) is 0.250. The van der Waals surface area contributed by atoms with E-state index < -0.39 is 0 Å². The Hall–Kier alpha value is -0.990. The Bertz CT molecular complexity index is 509. The number of rotatable bonds is 2. The van der Waals surface area contributed by atoms with E-state index in [2.05, 4.69) is 5.10 Å². The van der Waals surface area contributed by atoms with Crippen LogP contribution in [0.15, 0.2) is 30.6 Å². The van der Waals surface area contributed by atoms with Gasteiger partial charge in [-0.25, -0.2) is 0 Å². The third-order valence-electron chi connectivity index (χ3n) is 2.77. The highest BCUT2D eigenvalue weighted by molar-refractivity contribution is 6.39. The molecule has 0 bridgehead atoms. The van der Waals surface area contributed by atoms with Crippen molar-refractivity contribution >= 4 is 23.2 Å². The fourth-order valence-corrected chi connectivity index (χ4v) is 2.40. The van der Waals surface area contributed by atoms with Crippen molar-refractivity contribution in [3.05, 3.63) is 40.6 Å². The largest absolute Gasteiger partial charge is 0.269 e. The van der Waals surface area contributed by atoms with Gasteiger partial charge in [0, 0.05) is 17.3 Å². The van der Waals surface area contributed by atoms with E-state index in [1.165, 1.54) is 12.8 Å². The van der Waals surface area contributed by atoms with Gasteiger partial charge < -0.3 is 0 Å². The average Bonchev–Trinajstić information content (AvgIpc) is 2.99. The van der Waals surface area contributed by atoms with Crippen LogP contribution in [0.2, 0.25) is 10.0 Å². The van der Waals surface area contributed by atoms with Crippen LogP contribution in [0.1, 0.15) is 18.9 Å². The van der Waals surface area contributed by atoms with Crippen molar-refractivity contribution in [1.29, 1.82) is 0 Å². The van der Waals surface area contributed by atoms with Gasteiger partial charge in [-0.1, -0.05) is 29.3 Å². The number of nitrogens with zero attached hydrogens (tertiary/aromatic N) is 2. The second kappa shape index (κ2) is 3.79. The van der Waals surface area contributed by atoms with Crippen LogP contribution in [0.5, 0.6) is 0 Å². The molecule has 0 N–H and O–H groups in total. The molecule has 1 fully saturated rings. The SMILES string of the molecule is Clc1cccc(Cl)c1-c1cnn(C2CC2)c1. The van der Waals surface area contributed by atoms with E-state index in [1.807, 2.05) is 35.3 Å². The first kappa shape index (κ1) is 10.2. The maximum atomic E-state index is 6.15. The van der Waals surface area contributed by atoms with E-state index in [4.69, 9.17) is 23.2 Å². The molecule has 0 saturated heterocycles. The zero-order valence-corrected chi connectivity index (χ0v) is 10.0. The number of halogens is 2. The maximum absolute atomic E-state index is 6.15. The minimum absolute atomic E-state index is 0.579. The van der Waals surface area contributed by atoms with Crippen molar-refractivity contribution in [3.63, 3.8) is 0 Å². The van der Waals surface area contributed by atoms with Crippen LogP contribution in [0.4, 0.5) is 0 Å². The Morgan fingerprint density at radius 3 is 2.50 bits per heavy atom. The lowest BCUT2D eigenvalue weighted by molar-refractivity contribution is 0.642. The van der Waals surface area contributed by atoms with E-state index in [9.17, 15) is 0 Å². The lowest BCUT2D eigenvalue weighted by Gasteiger charge is -2.03. The lowest BCUT2D eigenvalue weighted by atomic mass is 10.1. The smallest absolute Gasteiger partial charge is 0.0569 e. The predicted octanol–water partition coefficient (Wildman–Crippen LogP) is 4.19. The molecule has 1 heterocycles. The van der Waals surface area contributed by atoms with Crippen molar-refractivity contribution < 1.29 is 0 Å². The van der Waals surface area contributed by atoms with Gasteiger partial charge in [0.2, 0.25) is 0 Å². The standard InChI is InChI=1S/C12H10Cl2N2/c13-10-2-1-3-11(14)12(10)8-6-15-16(7-8)9-4-5-9/h1-3,6-7,9H,4-5H2. The van der Waals surface area contributed by atoms with Gasteiger partial charge in [-0.2, -0.15) is 5.10 Å². The van der Waals surface area contributed by atoms with E-state index in [-0.39, 0.29) is 0 Å². The van der Waals surface area contributed by atoms with Crippen LogP contribution in [0.3, 0.4) is 0 Å². The monoisotopic (exact) mass is 252 g/mol. The van der Waals surface area contributed by atoms with Crippen LogP contribution in [-0.2, 0) is 0 Å². The first-order valence-electron chi connectivity index (χ1n) is 5.24. The maximum Gasteiger partial charge on any atom is 0.0569 e. The van der Waals surface area contributed by atoms with E-state index in [0.29, 0.717) is 16.1 Å². The Morgan fingerprint density at radius 2 is 1.88 bits per heavy atom. The van der Waals surface area contributed by atoms with Crippen molar-refractivity contribution in [2.24, 2.45) is 0 Å². The van der Waals surface area contributed by atoms with E-state index >= 15 is 0 Å². The first-order valence-corrected chi connectivity index (χ1v) is 6.00. The van der Waals surface area contributed by atoms with Crippen LogP contribution in [0, 0.1) is 0 Å². The third-order valence-corrected chi connectivity index (χ3v) is 3.40. The predicted molar refractivity (Wildman–Crippen MR) is 66.0 cm³/mol. The highest BCUT2D eigenvalue weighted by atomic mass is 35.5. The molecule has 1 aliphatic rings. The van der Waals surface area contributed by atoms with Gasteiger partial charge in [0.05, 0.1) is 22.3 Å². The molecule has 1 aromatic carbocycles. The number of hydrogen-bond donors (Lipinski definition) is 0. The molecular weight excluding hydrogens is 243 g/mol. The van der Waals surface area contributed by atoms with Gasteiger partial charge in [-0.05, 0) is 25.0 Å². The minimum Gasteiger partial charge on any atom is -0.269 e. The van der Waals surface area contributed by atoms with Crippen molar-refractivity contribution in [2.75, 3.05) is 0 Å². The molecule has 0 aliphatic heterocycles. The highest BCUT2D eigenvalue weighted by Crippen LogP contribution is 2.38. The second-order valence-corrected chi connectivity index (χ2v) is 4.85. The first-order chi connectivity index (χ1) is 7.75. The quantitative estimate of drug-likeness (QED) is 0.784. The Kier molecular flexibility index (Phi) is 2.41. The molecule has 1 aromatic heterocycles. The summed E-state index contributed by atoms with van der Waals surface area (Å²) in [6.07, 6.45) is 6.28. The third kappa shape index (κ3) is 1.72. The molecule has 2 nitrogen and oxygen atoms in total. The molecule has 3 rings (SSSR count). The number of benzene rings is 1. The fourth-order valence-electron chi connectivity index (χ4n) is 1.78. The molecule has 82 valence electrons. The molecular formula is C12H10Cl2N2. The van der Waals surface area contributed by atoms with Gasteiger partial charge in [0.1, 0.15) is 0 Å². The van der Waals surface area contributed by atoms with Crippen LogP contribution in [-0.4, -0.2) is 9.78 Å². The summed E-state index contributed by atoms with van der Waals surface area (Å²) in [6.45, 7) is 0. The molecule has 1 saturated carbocycles.